The van der Waals surface area contributed by atoms with Crippen LogP contribution >= 0.6 is 0 Å². The van der Waals surface area contributed by atoms with E-state index in [0.717, 1.165) is 25.2 Å². The largest absolute Gasteiger partial charge is 0.326 e. The number of likely N-dealkylation sites (N-methyl/N-ethyl adjacent to an activating group) is 2. The smallest absolute Gasteiger partial charge is 0.127 e. The quantitative estimate of drug-likeness (QED) is 0.811. The van der Waals surface area contributed by atoms with E-state index in [1.165, 1.54) is 6.07 Å². The first kappa shape index (κ1) is 14.1. The normalized spacial score (nSPS) is 11.5. The van der Waals surface area contributed by atoms with Crippen LogP contribution in [0.2, 0.25) is 0 Å². The number of rotatable bonds is 6. The lowest BCUT2D eigenvalue weighted by atomic mass is 10.1. The molecule has 2 N–H and O–H groups in total. The van der Waals surface area contributed by atoms with Crippen LogP contribution in [0.4, 0.5) is 4.39 Å². The van der Waals surface area contributed by atoms with Crippen LogP contribution in [0.3, 0.4) is 0 Å². The van der Waals surface area contributed by atoms with Gasteiger partial charge in [-0.3, -0.25) is 0 Å². The van der Waals surface area contributed by atoms with Gasteiger partial charge in [0.05, 0.1) is 0 Å². The van der Waals surface area contributed by atoms with Gasteiger partial charge in [-0.05, 0) is 32.8 Å². The first-order chi connectivity index (χ1) is 8.02. The molecule has 0 bridgehead atoms. The second-order valence-corrected chi connectivity index (χ2v) is 4.67. The van der Waals surface area contributed by atoms with Gasteiger partial charge in [0.2, 0.25) is 0 Å². The fourth-order valence-electron chi connectivity index (χ4n) is 1.64. The predicted octanol–water partition coefficient (Wildman–Crippen LogP) is 1.28. The molecule has 0 unspecified atom stereocenters. The number of nitrogens with zero attached hydrogens (tertiary/aromatic N) is 2. The van der Waals surface area contributed by atoms with E-state index >= 15 is 0 Å². The van der Waals surface area contributed by atoms with E-state index in [-0.39, 0.29) is 12.4 Å². The zero-order valence-electron chi connectivity index (χ0n) is 10.9. The second kappa shape index (κ2) is 6.69. The molecule has 0 saturated heterocycles. The third-order valence-electron chi connectivity index (χ3n) is 2.71. The van der Waals surface area contributed by atoms with Crippen molar-refractivity contribution in [1.29, 1.82) is 0 Å². The summed E-state index contributed by atoms with van der Waals surface area (Å²) >= 11 is 0. The molecule has 0 aliphatic carbocycles. The Kier molecular flexibility index (Phi) is 5.55. The van der Waals surface area contributed by atoms with Crippen molar-refractivity contribution in [3.05, 3.63) is 35.1 Å². The van der Waals surface area contributed by atoms with E-state index in [2.05, 4.69) is 30.9 Å². The maximum atomic E-state index is 13.3. The third-order valence-corrected chi connectivity index (χ3v) is 2.71. The van der Waals surface area contributed by atoms with Gasteiger partial charge in [0.1, 0.15) is 5.82 Å². The highest BCUT2D eigenvalue weighted by molar-refractivity contribution is 5.24. The van der Waals surface area contributed by atoms with Crippen molar-refractivity contribution >= 4 is 0 Å². The Bertz CT molecular complexity index is 353. The minimum absolute atomic E-state index is 0.216. The Morgan fingerprint density at radius 1 is 1.18 bits per heavy atom. The van der Waals surface area contributed by atoms with Crippen molar-refractivity contribution in [1.82, 2.24) is 9.80 Å². The minimum atomic E-state index is -0.216. The average Bonchev–Trinajstić information content (AvgIpc) is 2.29. The molecule has 1 aromatic carbocycles. The van der Waals surface area contributed by atoms with E-state index < -0.39 is 0 Å². The van der Waals surface area contributed by atoms with Crippen molar-refractivity contribution in [2.75, 3.05) is 34.2 Å². The average molecular weight is 239 g/mol. The summed E-state index contributed by atoms with van der Waals surface area (Å²) in [5, 5.41) is 0. The van der Waals surface area contributed by atoms with Gasteiger partial charge in [0, 0.05) is 31.7 Å². The second-order valence-electron chi connectivity index (χ2n) is 4.67. The summed E-state index contributed by atoms with van der Waals surface area (Å²) in [5.41, 5.74) is 7.18. The maximum absolute atomic E-state index is 13.3. The standard InChI is InChI=1S/C13H22FN3/c1-16(2)6-7-17(3)10-11-4-5-13(14)12(8-11)9-15/h4-5,8H,6-7,9-10,15H2,1-3H3. The molecule has 0 radical (unpaired) electrons. The molecule has 0 aromatic heterocycles. The van der Waals surface area contributed by atoms with Gasteiger partial charge in [0.15, 0.2) is 0 Å². The highest BCUT2D eigenvalue weighted by atomic mass is 19.1. The molecule has 1 rings (SSSR count). The fraction of sp³-hybridized carbons (Fsp3) is 0.538. The van der Waals surface area contributed by atoms with Crippen molar-refractivity contribution in [3.8, 4) is 0 Å². The van der Waals surface area contributed by atoms with Gasteiger partial charge in [-0.2, -0.15) is 0 Å². The molecule has 0 amide bonds. The minimum Gasteiger partial charge on any atom is -0.326 e. The van der Waals surface area contributed by atoms with Gasteiger partial charge in [-0.1, -0.05) is 12.1 Å². The molecule has 0 spiro atoms. The lowest BCUT2D eigenvalue weighted by Crippen LogP contribution is -2.28. The van der Waals surface area contributed by atoms with Crippen LogP contribution in [0.5, 0.6) is 0 Å². The molecular weight excluding hydrogens is 217 g/mol. The summed E-state index contributed by atoms with van der Waals surface area (Å²) in [7, 11) is 6.17. The molecule has 1 aromatic rings. The van der Waals surface area contributed by atoms with E-state index in [4.69, 9.17) is 5.73 Å². The SMILES string of the molecule is CN(C)CCN(C)Cc1ccc(F)c(CN)c1. The Hall–Kier alpha value is -0.970. The number of hydrogen-bond acceptors (Lipinski definition) is 3. The fourth-order valence-corrected chi connectivity index (χ4v) is 1.64. The Morgan fingerprint density at radius 2 is 1.88 bits per heavy atom. The van der Waals surface area contributed by atoms with E-state index in [1.54, 1.807) is 0 Å². The van der Waals surface area contributed by atoms with Crippen LogP contribution in [0.15, 0.2) is 18.2 Å². The van der Waals surface area contributed by atoms with Crippen LogP contribution < -0.4 is 5.73 Å². The molecule has 0 saturated carbocycles. The summed E-state index contributed by atoms with van der Waals surface area (Å²) in [6.45, 7) is 3.08. The number of hydrogen-bond donors (Lipinski definition) is 1. The summed E-state index contributed by atoms with van der Waals surface area (Å²) in [4.78, 5) is 4.36. The van der Waals surface area contributed by atoms with Crippen LogP contribution in [0.25, 0.3) is 0 Å². The summed E-state index contributed by atoms with van der Waals surface area (Å²) in [6.07, 6.45) is 0. The Balaban J connectivity index is 2.56. The van der Waals surface area contributed by atoms with Gasteiger partial charge in [-0.15, -0.1) is 0 Å². The first-order valence-electron chi connectivity index (χ1n) is 5.83. The highest BCUT2D eigenvalue weighted by Crippen LogP contribution is 2.11. The molecule has 0 aliphatic rings. The number of benzene rings is 1. The zero-order valence-corrected chi connectivity index (χ0v) is 10.9. The van der Waals surface area contributed by atoms with Crippen molar-refractivity contribution in [2.24, 2.45) is 5.73 Å². The third kappa shape index (κ3) is 4.81. The maximum Gasteiger partial charge on any atom is 0.127 e. The number of nitrogens with two attached hydrogens (primary N) is 1. The number of halogens is 1. The molecule has 0 fully saturated rings. The van der Waals surface area contributed by atoms with Gasteiger partial charge >= 0.3 is 0 Å². The van der Waals surface area contributed by atoms with Gasteiger partial charge in [-0.25, -0.2) is 4.39 Å². The predicted molar refractivity (Wildman–Crippen MR) is 69.2 cm³/mol. The monoisotopic (exact) mass is 239 g/mol. The Labute approximate surface area is 103 Å². The molecule has 0 atom stereocenters. The lowest BCUT2D eigenvalue weighted by Gasteiger charge is -2.19. The van der Waals surface area contributed by atoms with Crippen molar-refractivity contribution in [2.45, 2.75) is 13.1 Å². The van der Waals surface area contributed by atoms with Crippen molar-refractivity contribution < 1.29 is 4.39 Å². The van der Waals surface area contributed by atoms with E-state index in [1.807, 2.05) is 12.1 Å². The lowest BCUT2D eigenvalue weighted by molar-refractivity contribution is 0.276. The van der Waals surface area contributed by atoms with Crippen LogP contribution in [-0.4, -0.2) is 44.0 Å². The molecular formula is C13H22FN3. The zero-order chi connectivity index (χ0) is 12.8. The highest BCUT2D eigenvalue weighted by Gasteiger charge is 2.05. The van der Waals surface area contributed by atoms with E-state index in [9.17, 15) is 4.39 Å². The molecule has 3 nitrogen and oxygen atoms in total. The van der Waals surface area contributed by atoms with Gasteiger partial charge < -0.3 is 15.5 Å². The van der Waals surface area contributed by atoms with Crippen LogP contribution in [0, 0.1) is 5.82 Å². The topological polar surface area (TPSA) is 32.5 Å². The van der Waals surface area contributed by atoms with Crippen LogP contribution in [0.1, 0.15) is 11.1 Å². The molecule has 17 heavy (non-hydrogen) atoms. The van der Waals surface area contributed by atoms with Crippen molar-refractivity contribution in [3.63, 3.8) is 0 Å². The molecule has 4 heteroatoms. The molecule has 96 valence electrons. The summed E-state index contributed by atoms with van der Waals surface area (Å²) < 4.78 is 13.3. The van der Waals surface area contributed by atoms with E-state index in [0.29, 0.717) is 5.56 Å². The first-order valence-corrected chi connectivity index (χ1v) is 5.83. The summed E-state index contributed by atoms with van der Waals surface area (Å²) in [5.74, 6) is -0.216. The molecule has 0 aliphatic heterocycles. The molecule has 0 heterocycles. The van der Waals surface area contributed by atoms with Gasteiger partial charge in [0.25, 0.3) is 0 Å². The summed E-state index contributed by atoms with van der Waals surface area (Å²) in [6, 6.07) is 5.17. The van der Waals surface area contributed by atoms with Crippen LogP contribution in [-0.2, 0) is 13.1 Å². The Morgan fingerprint density at radius 3 is 2.47 bits per heavy atom.